The quantitative estimate of drug-likeness (QED) is 0.130. The molecular formula is C50H64Br2N2O10. The van der Waals surface area contributed by atoms with E-state index in [1.807, 2.05) is 93.5 Å². The number of aryl methyl sites for hydroxylation is 4. The summed E-state index contributed by atoms with van der Waals surface area (Å²) >= 11 is 7.34. The van der Waals surface area contributed by atoms with Gasteiger partial charge in [-0.15, -0.1) is 0 Å². The number of nitrogens with zero attached hydrogens (tertiary/aromatic N) is 2. The number of hydrogen-bond acceptors (Lipinski definition) is 12. The molecule has 2 aliphatic rings. The summed E-state index contributed by atoms with van der Waals surface area (Å²) in [5, 5.41) is 20.1. The van der Waals surface area contributed by atoms with Crippen molar-refractivity contribution in [3.05, 3.63) is 90.4 Å². The molecule has 0 amide bonds. The summed E-state index contributed by atoms with van der Waals surface area (Å²) in [5.74, 6) is 0.788. The zero-order chi connectivity index (χ0) is 47.3. The molecule has 0 radical (unpaired) electrons. The van der Waals surface area contributed by atoms with E-state index in [2.05, 4.69) is 54.0 Å². The van der Waals surface area contributed by atoms with Gasteiger partial charge in [-0.3, -0.25) is 9.97 Å². The van der Waals surface area contributed by atoms with E-state index >= 15 is 0 Å². The van der Waals surface area contributed by atoms with Gasteiger partial charge in [0.15, 0.2) is 12.2 Å². The van der Waals surface area contributed by atoms with Crippen LogP contribution in [0.2, 0.25) is 0 Å². The first kappa shape index (κ1) is 51.1. The van der Waals surface area contributed by atoms with Gasteiger partial charge in [0.1, 0.15) is 11.5 Å². The lowest BCUT2D eigenvalue weighted by atomic mass is 9.91. The summed E-state index contributed by atoms with van der Waals surface area (Å²) in [5.41, 5.74) is 7.70. The number of benzene rings is 2. The summed E-state index contributed by atoms with van der Waals surface area (Å²) in [6, 6.07) is 12.0. The van der Waals surface area contributed by atoms with Gasteiger partial charge in [-0.1, -0.05) is 12.1 Å². The number of fused-ring (bicyclic) bond motifs is 2. The SMILES string of the molecule is Cc1nc(CO)c(Br)c(-c2ccc3c(c2)CCCO3)c1[C@H](OC(C)(C)C)C(=O)OC(C)C.Cc1nc(CO)c([C@H](OC(C)(C)C)C(=O)OC(C)C)c(-c2ccc3c(c2)CCCO3)c1Br. The molecule has 12 nitrogen and oxygen atoms in total. The van der Waals surface area contributed by atoms with Crippen LogP contribution in [-0.4, -0.2) is 68.7 Å². The fraction of sp³-hybridized carbons (Fsp3) is 0.520. The maximum Gasteiger partial charge on any atom is 0.340 e. The zero-order valence-electron chi connectivity index (χ0n) is 39.2. The molecule has 2 aromatic carbocycles. The zero-order valence-corrected chi connectivity index (χ0v) is 42.4. The van der Waals surface area contributed by atoms with Crippen molar-refractivity contribution >= 4 is 43.8 Å². The van der Waals surface area contributed by atoms with Crippen LogP contribution in [0.1, 0.15) is 139 Å². The number of hydrogen-bond donors (Lipinski definition) is 2. The van der Waals surface area contributed by atoms with Crippen molar-refractivity contribution in [1.29, 1.82) is 0 Å². The summed E-state index contributed by atoms with van der Waals surface area (Å²) in [4.78, 5) is 35.6. The highest BCUT2D eigenvalue weighted by molar-refractivity contribution is 9.11. The number of rotatable bonds is 12. The van der Waals surface area contributed by atoms with Crippen molar-refractivity contribution in [2.24, 2.45) is 0 Å². The summed E-state index contributed by atoms with van der Waals surface area (Å²) in [7, 11) is 0. The van der Waals surface area contributed by atoms with E-state index in [9.17, 15) is 19.8 Å². The summed E-state index contributed by atoms with van der Waals surface area (Å²) in [6.07, 6.45) is 1.14. The first-order valence-corrected chi connectivity index (χ1v) is 23.5. The monoisotopic (exact) mass is 1010 g/mol. The Bertz CT molecular complexity index is 2260. The second-order valence-electron chi connectivity index (χ2n) is 18.6. The Morgan fingerprint density at radius 2 is 1.08 bits per heavy atom. The minimum Gasteiger partial charge on any atom is -0.493 e. The number of carbonyl (C=O) groups is 2. The molecule has 0 fully saturated rings. The average Bonchev–Trinajstić information content (AvgIpc) is 3.22. The largest absolute Gasteiger partial charge is 0.493 e. The maximum absolute atomic E-state index is 13.2. The third-order valence-corrected chi connectivity index (χ3v) is 12.0. The van der Waals surface area contributed by atoms with Crippen LogP contribution >= 0.6 is 31.9 Å². The number of aliphatic hydroxyl groups excluding tert-OH is 2. The van der Waals surface area contributed by atoms with E-state index in [1.165, 1.54) is 0 Å². The minimum atomic E-state index is -1.05. The van der Waals surface area contributed by atoms with Gasteiger partial charge in [0.2, 0.25) is 0 Å². The summed E-state index contributed by atoms with van der Waals surface area (Å²) in [6.45, 7) is 23.1. The highest BCUT2D eigenvalue weighted by Crippen LogP contribution is 2.45. The number of halogens is 2. The van der Waals surface area contributed by atoms with Gasteiger partial charge < -0.3 is 38.6 Å². The van der Waals surface area contributed by atoms with E-state index < -0.39 is 35.3 Å². The van der Waals surface area contributed by atoms with Crippen molar-refractivity contribution in [1.82, 2.24) is 9.97 Å². The topological polar surface area (TPSA) is 156 Å². The van der Waals surface area contributed by atoms with Gasteiger partial charge >= 0.3 is 11.9 Å². The fourth-order valence-electron chi connectivity index (χ4n) is 7.68. The molecule has 0 spiro atoms. The Hall–Kier alpha value is -3.92. The van der Waals surface area contributed by atoms with Crippen molar-refractivity contribution < 1.29 is 48.2 Å². The van der Waals surface area contributed by atoms with E-state index in [1.54, 1.807) is 13.8 Å². The number of carbonyl (C=O) groups excluding carboxylic acids is 2. The first-order valence-electron chi connectivity index (χ1n) is 21.9. The first-order chi connectivity index (χ1) is 30.0. The summed E-state index contributed by atoms with van der Waals surface area (Å²) < 4.78 is 36.5. The van der Waals surface area contributed by atoms with Gasteiger partial charge in [-0.25, -0.2) is 9.59 Å². The molecule has 6 rings (SSSR count). The Morgan fingerprint density at radius 3 is 1.50 bits per heavy atom. The molecule has 0 saturated heterocycles. The molecule has 4 aromatic rings. The standard InChI is InChI=1S/2C25H32BrNO5/c1-14(2)31-24(29)23(32-25(4,5)6)21-18(13-28)27-15(3)22(26)20(21)17-9-10-19-16(12-17)8-7-11-30-19;1-14(2)31-24(29)23(32-25(4,5)6)20-15(3)27-18(13-28)22(26)21(20)17-9-10-19-16(12-17)8-7-11-30-19/h2*9-10,12,14,23,28H,7-8,11,13H2,1-6H3/t2*23-/m00/s1. The molecule has 64 heavy (non-hydrogen) atoms. The maximum atomic E-state index is 13.2. The second kappa shape index (κ2) is 21.6. The minimum absolute atomic E-state index is 0.232. The molecule has 2 aromatic heterocycles. The molecule has 0 saturated carbocycles. The third kappa shape index (κ3) is 12.7. The van der Waals surface area contributed by atoms with Crippen molar-refractivity contribution in [3.63, 3.8) is 0 Å². The van der Waals surface area contributed by atoms with E-state index in [4.69, 9.17) is 28.4 Å². The molecule has 348 valence electrons. The molecule has 2 atom stereocenters. The van der Waals surface area contributed by atoms with Crippen molar-refractivity contribution in [2.75, 3.05) is 13.2 Å². The highest BCUT2D eigenvalue weighted by atomic mass is 79.9. The Labute approximate surface area is 395 Å². The Kier molecular flexibility index (Phi) is 17.2. The normalized spacial score (nSPS) is 14.7. The van der Waals surface area contributed by atoms with Crippen LogP contribution in [0.15, 0.2) is 45.3 Å². The van der Waals surface area contributed by atoms with Crippen molar-refractivity contribution in [2.45, 2.75) is 158 Å². The molecule has 14 heteroatoms. The van der Waals surface area contributed by atoms with Gasteiger partial charge in [0, 0.05) is 36.9 Å². The lowest BCUT2D eigenvalue weighted by Gasteiger charge is -2.30. The van der Waals surface area contributed by atoms with E-state index in [0.29, 0.717) is 51.6 Å². The van der Waals surface area contributed by atoms with Gasteiger partial charge in [-0.05, 0) is 187 Å². The molecular weight excluding hydrogens is 948 g/mol. The van der Waals surface area contributed by atoms with Crippen LogP contribution in [0, 0.1) is 13.8 Å². The second-order valence-corrected chi connectivity index (χ2v) is 20.1. The van der Waals surface area contributed by atoms with Crippen LogP contribution in [0.3, 0.4) is 0 Å². The van der Waals surface area contributed by atoms with Gasteiger partial charge in [0.25, 0.3) is 0 Å². The van der Waals surface area contributed by atoms with Crippen molar-refractivity contribution in [3.8, 4) is 33.8 Å². The smallest absolute Gasteiger partial charge is 0.340 e. The predicted molar refractivity (Wildman–Crippen MR) is 253 cm³/mol. The van der Waals surface area contributed by atoms with Gasteiger partial charge in [-0.2, -0.15) is 0 Å². The molecule has 0 aliphatic carbocycles. The molecule has 0 bridgehead atoms. The lowest BCUT2D eigenvalue weighted by Crippen LogP contribution is -2.31. The molecule has 4 heterocycles. The number of pyridine rings is 2. The van der Waals surface area contributed by atoms with E-state index in [-0.39, 0.29) is 25.4 Å². The Balaban J connectivity index is 0.000000241. The average molecular weight is 1010 g/mol. The number of ether oxygens (including phenoxy) is 6. The third-order valence-electron chi connectivity index (χ3n) is 10.1. The van der Waals surface area contributed by atoms with E-state index in [0.717, 1.165) is 75.0 Å². The van der Waals surface area contributed by atoms with Crippen LogP contribution in [0.4, 0.5) is 0 Å². The Morgan fingerprint density at radius 1 is 0.656 bits per heavy atom. The molecule has 0 unspecified atom stereocenters. The molecule has 2 N–H and O–H groups in total. The lowest BCUT2D eigenvalue weighted by molar-refractivity contribution is -0.171. The number of esters is 2. The van der Waals surface area contributed by atoms with Crippen LogP contribution < -0.4 is 9.47 Å². The predicted octanol–water partition coefficient (Wildman–Crippen LogP) is 10.9. The van der Waals surface area contributed by atoms with Gasteiger partial charge in [0.05, 0.1) is 66.9 Å². The number of aromatic nitrogens is 2. The van der Waals surface area contributed by atoms with Crippen LogP contribution in [0.25, 0.3) is 22.3 Å². The van der Waals surface area contributed by atoms with Crippen LogP contribution in [0.5, 0.6) is 11.5 Å². The molecule has 2 aliphatic heterocycles. The number of aliphatic hydroxyl groups is 2. The fourth-order valence-corrected chi connectivity index (χ4v) is 8.87. The highest BCUT2D eigenvalue weighted by Gasteiger charge is 2.37. The van der Waals surface area contributed by atoms with Crippen LogP contribution in [-0.2, 0) is 54.6 Å².